The molecule has 2 aromatic rings. The number of carbonyl (C=O) groups excluding carboxylic acids is 2. The molecule has 2 N–H and O–H groups in total. The van der Waals surface area contributed by atoms with Crippen molar-refractivity contribution in [3.8, 4) is 0 Å². The zero-order chi connectivity index (χ0) is 17.9. The zero-order valence-electron chi connectivity index (χ0n) is 13.6. The topological polar surface area (TPSA) is 69.6 Å². The van der Waals surface area contributed by atoms with E-state index in [0.29, 0.717) is 12.1 Å². The highest BCUT2D eigenvalue weighted by Crippen LogP contribution is 2.28. The molecule has 2 amide bonds. The second-order valence-electron chi connectivity index (χ2n) is 6.03. The third kappa shape index (κ3) is 3.53. The molecule has 0 spiro atoms. The Labute approximate surface area is 145 Å². The maximum atomic E-state index is 12.9. The quantitative estimate of drug-likeness (QED) is 0.812. The number of rotatable bonds is 5. The number of hydrogen-bond acceptors (Lipinski definition) is 3. The number of benzene rings is 2. The number of nitrogens with one attached hydrogen (secondary N) is 1. The molecule has 130 valence electrons. The van der Waals surface area contributed by atoms with Crippen molar-refractivity contribution >= 4 is 17.5 Å². The summed E-state index contributed by atoms with van der Waals surface area (Å²) in [5, 5.41) is 13.1. The number of para-hydroxylation sites is 1. The van der Waals surface area contributed by atoms with Crippen molar-refractivity contribution in [3.05, 3.63) is 66.0 Å². The van der Waals surface area contributed by atoms with Gasteiger partial charge in [0.25, 0.3) is 11.8 Å². The largest absolute Gasteiger partial charge is 0.372 e. The minimum atomic E-state index is -2.04. The number of carbonyl (C=O) groups is 2. The third-order valence-corrected chi connectivity index (χ3v) is 4.35. The number of hydrogen-bond donors (Lipinski definition) is 2. The van der Waals surface area contributed by atoms with Crippen LogP contribution in [0.5, 0.6) is 0 Å². The summed E-state index contributed by atoms with van der Waals surface area (Å²) in [5.41, 5.74) is -0.529. The monoisotopic (exact) mass is 342 g/mol. The molecular weight excluding hydrogens is 323 g/mol. The van der Waals surface area contributed by atoms with Crippen molar-refractivity contribution in [2.24, 2.45) is 0 Å². The molecule has 3 rings (SSSR count). The van der Waals surface area contributed by atoms with Crippen molar-refractivity contribution in [2.45, 2.75) is 18.4 Å². The van der Waals surface area contributed by atoms with Crippen molar-refractivity contribution in [2.75, 3.05) is 18.0 Å². The molecule has 1 unspecified atom stereocenters. The van der Waals surface area contributed by atoms with E-state index in [-0.39, 0.29) is 25.3 Å². The molecule has 0 bridgehead atoms. The average molecular weight is 342 g/mol. The summed E-state index contributed by atoms with van der Waals surface area (Å²) in [6, 6.07) is 14.9. The summed E-state index contributed by atoms with van der Waals surface area (Å²) in [6.07, 6.45) is 0.530. The lowest BCUT2D eigenvalue weighted by atomic mass is 10.0. The first-order valence-electron chi connectivity index (χ1n) is 8.13. The van der Waals surface area contributed by atoms with E-state index in [4.69, 9.17) is 0 Å². The van der Waals surface area contributed by atoms with Crippen LogP contribution in [0, 0.1) is 5.82 Å². The van der Waals surface area contributed by atoms with Gasteiger partial charge in [-0.15, -0.1) is 0 Å². The van der Waals surface area contributed by atoms with Gasteiger partial charge in [0.15, 0.2) is 0 Å². The van der Waals surface area contributed by atoms with Crippen molar-refractivity contribution in [1.82, 2.24) is 5.32 Å². The maximum absolute atomic E-state index is 12.9. The summed E-state index contributed by atoms with van der Waals surface area (Å²) >= 11 is 0. The lowest BCUT2D eigenvalue weighted by molar-refractivity contribution is -0.149. The van der Waals surface area contributed by atoms with Gasteiger partial charge in [-0.05, 0) is 36.2 Å². The van der Waals surface area contributed by atoms with E-state index in [1.54, 1.807) is 36.4 Å². The fraction of sp³-hybridized carbons (Fsp3) is 0.263. The van der Waals surface area contributed by atoms with Gasteiger partial charge < -0.3 is 15.3 Å². The summed E-state index contributed by atoms with van der Waals surface area (Å²) in [4.78, 5) is 26.3. The lowest BCUT2D eigenvalue weighted by Crippen LogP contribution is -2.52. The second kappa shape index (κ2) is 7.03. The number of halogens is 1. The highest BCUT2D eigenvalue weighted by molar-refractivity contribution is 6.16. The first-order chi connectivity index (χ1) is 12.0. The van der Waals surface area contributed by atoms with Crippen LogP contribution in [0.4, 0.5) is 10.1 Å². The van der Waals surface area contributed by atoms with Gasteiger partial charge in [0.1, 0.15) is 5.82 Å². The predicted molar refractivity (Wildman–Crippen MR) is 91.5 cm³/mol. The Morgan fingerprint density at radius 1 is 1.16 bits per heavy atom. The van der Waals surface area contributed by atoms with Crippen molar-refractivity contribution in [1.29, 1.82) is 0 Å². The van der Waals surface area contributed by atoms with Gasteiger partial charge >= 0.3 is 0 Å². The molecule has 6 heteroatoms. The zero-order valence-corrected chi connectivity index (χ0v) is 13.6. The number of aliphatic hydroxyl groups is 1. The van der Waals surface area contributed by atoms with Crippen LogP contribution in [0.2, 0.25) is 0 Å². The summed E-state index contributed by atoms with van der Waals surface area (Å²) in [5.74, 6) is -1.63. The highest BCUT2D eigenvalue weighted by Gasteiger charge is 2.51. The molecule has 5 nitrogen and oxygen atoms in total. The van der Waals surface area contributed by atoms with E-state index in [2.05, 4.69) is 5.32 Å². The minimum Gasteiger partial charge on any atom is -0.372 e. The normalized spacial score (nSPS) is 19.9. The molecule has 25 heavy (non-hydrogen) atoms. The molecule has 0 aliphatic carbocycles. The smallest absolute Gasteiger partial charge is 0.268 e. The Hall–Kier alpha value is -2.73. The third-order valence-electron chi connectivity index (χ3n) is 4.35. The molecule has 1 aliphatic rings. The number of amides is 2. The first-order valence-corrected chi connectivity index (χ1v) is 8.13. The Balaban J connectivity index is 1.59. The van der Waals surface area contributed by atoms with Crippen LogP contribution in [0.1, 0.15) is 12.0 Å². The lowest BCUT2D eigenvalue weighted by Gasteiger charge is -2.21. The van der Waals surface area contributed by atoms with Crippen molar-refractivity contribution < 1.29 is 19.1 Å². The SMILES string of the molecule is O=C(NCCc1ccc(F)cc1)C1(O)CCN(c2ccccc2)C1=O. The molecule has 2 aromatic carbocycles. The van der Waals surface area contributed by atoms with E-state index >= 15 is 0 Å². The molecule has 1 aliphatic heterocycles. The molecule has 0 aromatic heterocycles. The molecule has 0 radical (unpaired) electrons. The van der Waals surface area contributed by atoms with Gasteiger partial charge in [0.05, 0.1) is 0 Å². The Bertz CT molecular complexity index is 764. The Morgan fingerprint density at radius 3 is 2.52 bits per heavy atom. The Kier molecular flexibility index (Phi) is 4.81. The molecule has 1 heterocycles. The van der Waals surface area contributed by atoms with Gasteiger partial charge in [0.2, 0.25) is 5.60 Å². The molecule has 1 atom stereocenters. The van der Waals surface area contributed by atoms with Crippen LogP contribution in [-0.2, 0) is 16.0 Å². The van der Waals surface area contributed by atoms with Gasteiger partial charge in [0, 0.05) is 25.2 Å². The van der Waals surface area contributed by atoms with E-state index in [0.717, 1.165) is 5.56 Å². The van der Waals surface area contributed by atoms with Crippen LogP contribution in [0.15, 0.2) is 54.6 Å². The van der Waals surface area contributed by atoms with Crippen LogP contribution < -0.4 is 10.2 Å². The summed E-state index contributed by atoms with van der Waals surface area (Å²) < 4.78 is 12.9. The Morgan fingerprint density at radius 2 is 1.84 bits per heavy atom. The minimum absolute atomic E-state index is 0.0448. The average Bonchev–Trinajstić information content (AvgIpc) is 2.94. The van der Waals surface area contributed by atoms with Crippen LogP contribution in [0.3, 0.4) is 0 Å². The van der Waals surface area contributed by atoms with Gasteiger partial charge in [-0.25, -0.2) is 4.39 Å². The fourth-order valence-corrected chi connectivity index (χ4v) is 2.89. The highest BCUT2D eigenvalue weighted by atomic mass is 19.1. The van der Waals surface area contributed by atoms with Gasteiger partial charge in [-0.3, -0.25) is 9.59 Å². The second-order valence-corrected chi connectivity index (χ2v) is 6.03. The van der Waals surface area contributed by atoms with Crippen LogP contribution >= 0.6 is 0 Å². The number of nitrogens with zero attached hydrogens (tertiary/aromatic N) is 1. The van der Waals surface area contributed by atoms with Crippen LogP contribution in [-0.4, -0.2) is 35.6 Å². The number of anilines is 1. The van der Waals surface area contributed by atoms with E-state index in [1.807, 2.05) is 6.07 Å². The van der Waals surface area contributed by atoms with E-state index < -0.39 is 17.4 Å². The predicted octanol–water partition coefficient (Wildman–Crippen LogP) is 1.65. The fourth-order valence-electron chi connectivity index (χ4n) is 2.89. The molecule has 0 saturated carbocycles. The van der Waals surface area contributed by atoms with Gasteiger partial charge in [-0.2, -0.15) is 0 Å². The van der Waals surface area contributed by atoms with Crippen LogP contribution in [0.25, 0.3) is 0 Å². The van der Waals surface area contributed by atoms with Crippen molar-refractivity contribution in [3.63, 3.8) is 0 Å². The summed E-state index contributed by atoms with van der Waals surface area (Å²) in [7, 11) is 0. The first kappa shape index (κ1) is 17.1. The molecule has 1 fully saturated rings. The van der Waals surface area contributed by atoms with E-state index in [9.17, 15) is 19.1 Å². The van der Waals surface area contributed by atoms with E-state index in [1.165, 1.54) is 17.0 Å². The molecule has 1 saturated heterocycles. The molecular formula is C19H19FN2O3. The standard InChI is InChI=1S/C19H19FN2O3/c20-15-8-6-14(7-9-15)10-12-21-17(23)19(25)11-13-22(18(19)24)16-4-2-1-3-5-16/h1-9,25H,10-13H2,(H,21,23). The summed E-state index contributed by atoms with van der Waals surface area (Å²) in [6.45, 7) is 0.538. The maximum Gasteiger partial charge on any atom is 0.268 e. The van der Waals surface area contributed by atoms with Gasteiger partial charge in [-0.1, -0.05) is 30.3 Å².